The molecule has 2 fully saturated rings. The Morgan fingerprint density at radius 3 is 2.00 bits per heavy atom. The van der Waals surface area contributed by atoms with E-state index in [1.165, 1.54) is 0 Å². The number of nitrogens with one attached hydrogen (secondary N) is 2. The lowest BCUT2D eigenvalue weighted by Crippen LogP contribution is -2.45. The van der Waals surface area contributed by atoms with Crippen molar-refractivity contribution in [1.82, 2.24) is 5.32 Å². The standard InChI is InChI=1S/C15H20N2O4/c1-7-3-8(2)15(21)13(14(7)20)10(16)4-9-5-11(18)17-12(19)6-9/h7-9,13,16H,3-6H2,1-2H3,(H,17,18,19)/t7-,8+,13?. The van der Waals surface area contributed by atoms with E-state index in [1.807, 2.05) is 0 Å². The van der Waals surface area contributed by atoms with Gasteiger partial charge >= 0.3 is 0 Å². The molecule has 0 aromatic heterocycles. The van der Waals surface area contributed by atoms with Gasteiger partial charge in [0.25, 0.3) is 0 Å². The van der Waals surface area contributed by atoms with Gasteiger partial charge in [0.2, 0.25) is 11.8 Å². The summed E-state index contributed by atoms with van der Waals surface area (Å²) >= 11 is 0. The molecule has 2 N–H and O–H groups in total. The molecule has 0 aromatic carbocycles. The zero-order chi connectivity index (χ0) is 15.7. The lowest BCUT2D eigenvalue weighted by Gasteiger charge is -2.30. The smallest absolute Gasteiger partial charge is 0.226 e. The van der Waals surface area contributed by atoms with Crippen molar-refractivity contribution in [3.8, 4) is 0 Å². The van der Waals surface area contributed by atoms with E-state index in [4.69, 9.17) is 5.41 Å². The fourth-order valence-corrected chi connectivity index (χ4v) is 3.24. The Bertz CT molecular complexity index is 490. The minimum Gasteiger partial charge on any atom is -0.308 e. The molecule has 1 saturated carbocycles. The van der Waals surface area contributed by atoms with Crippen molar-refractivity contribution in [3.05, 3.63) is 0 Å². The van der Waals surface area contributed by atoms with Crippen LogP contribution in [0, 0.1) is 29.1 Å². The Morgan fingerprint density at radius 1 is 1.05 bits per heavy atom. The van der Waals surface area contributed by atoms with Gasteiger partial charge in [-0.3, -0.25) is 24.5 Å². The van der Waals surface area contributed by atoms with Crippen molar-refractivity contribution in [1.29, 1.82) is 5.41 Å². The maximum Gasteiger partial charge on any atom is 0.226 e. The molecule has 0 bridgehead atoms. The van der Waals surface area contributed by atoms with E-state index < -0.39 is 5.92 Å². The van der Waals surface area contributed by atoms with Crippen molar-refractivity contribution in [2.75, 3.05) is 0 Å². The van der Waals surface area contributed by atoms with Crippen LogP contribution < -0.4 is 5.32 Å². The minimum atomic E-state index is -0.983. The fraction of sp³-hybridized carbons (Fsp3) is 0.667. The van der Waals surface area contributed by atoms with Crippen LogP contribution in [0.3, 0.4) is 0 Å². The van der Waals surface area contributed by atoms with Gasteiger partial charge in [-0.05, 0) is 18.8 Å². The molecule has 2 amide bonds. The van der Waals surface area contributed by atoms with Crippen molar-refractivity contribution >= 4 is 29.1 Å². The van der Waals surface area contributed by atoms with Crippen LogP contribution in [-0.2, 0) is 19.2 Å². The Kier molecular flexibility index (Phi) is 4.34. The summed E-state index contributed by atoms with van der Waals surface area (Å²) in [7, 11) is 0. The van der Waals surface area contributed by atoms with Gasteiger partial charge in [-0.25, -0.2) is 0 Å². The molecule has 1 unspecified atom stereocenters. The van der Waals surface area contributed by atoms with Crippen LogP contribution in [-0.4, -0.2) is 29.1 Å². The summed E-state index contributed by atoms with van der Waals surface area (Å²) in [6.45, 7) is 3.56. The lowest BCUT2D eigenvalue weighted by molar-refractivity contribution is -0.138. The van der Waals surface area contributed by atoms with Gasteiger partial charge in [-0.1, -0.05) is 13.8 Å². The van der Waals surface area contributed by atoms with Gasteiger partial charge in [0.15, 0.2) is 11.6 Å². The summed E-state index contributed by atoms with van der Waals surface area (Å²) < 4.78 is 0. The number of carbonyl (C=O) groups is 4. The molecular formula is C15H20N2O4. The number of imide groups is 1. The number of carbonyl (C=O) groups excluding carboxylic acids is 4. The van der Waals surface area contributed by atoms with Gasteiger partial charge < -0.3 is 5.41 Å². The molecule has 0 aromatic rings. The summed E-state index contributed by atoms with van der Waals surface area (Å²) in [5.41, 5.74) is 0.0518. The SMILES string of the molecule is C[C@@H]1C[C@H](C)C(=O)C(C(=N)CC2CC(=O)NC(=O)C2)C1=O. The normalized spacial score (nSPS) is 31.2. The third-order valence-electron chi connectivity index (χ3n) is 4.33. The van der Waals surface area contributed by atoms with E-state index in [9.17, 15) is 19.2 Å². The van der Waals surface area contributed by atoms with Crippen LogP contribution in [0.1, 0.15) is 39.5 Å². The minimum absolute atomic E-state index is 0.0518. The molecule has 21 heavy (non-hydrogen) atoms. The summed E-state index contributed by atoms with van der Waals surface area (Å²) in [4.78, 5) is 47.0. The Morgan fingerprint density at radius 2 is 1.52 bits per heavy atom. The second kappa shape index (κ2) is 5.87. The summed E-state index contributed by atoms with van der Waals surface area (Å²) in [6, 6.07) is 0. The topological polar surface area (TPSA) is 104 Å². The molecule has 2 rings (SSSR count). The number of hydrogen-bond donors (Lipinski definition) is 2. The summed E-state index contributed by atoms with van der Waals surface area (Å²) in [6.07, 6.45) is 1.01. The highest BCUT2D eigenvalue weighted by atomic mass is 16.2. The highest BCUT2D eigenvalue weighted by Gasteiger charge is 2.42. The first kappa shape index (κ1) is 15.5. The van der Waals surface area contributed by atoms with E-state index in [0.717, 1.165) is 0 Å². The number of amides is 2. The first-order chi connectivity index (χ1) is 9.79. The van der Waals surface area contributed by atoms with Crippen LogP contribution in [0.25, 0.3) is 0 Å². The van der Waals surface area contributed by atoms with E-state index in [-0.39, 0.29) is 66.1 Å². The van der Waals surface area contributed by atoms with E-state index in [0.29, 0.717) is 6.42 Å². The van der Waals surface area contributed by atoms with E-state index in [1.54, 1.807) is 13.8 Å². The molecule has 0 radical (unpaired) electrons. The maximum absolute atomic E-state index is 12.2. The van der Waals surface area contributed by atoms with Crippen LogP contribution in [0.2, 0.25) is 0 Å². The molecule has 2 aliphatic rings. The molecule has 1 heterocycles. The van der Waals surface area contributed by atoms with Crippen molar-refractivity contribution in [3.63, 3.8) is 0 Å². The van der Waals surface area contributed by atoms with Crippen LogP contribution >= 0.6 is 0 Å². The van der Waals surface area contributed by atoms with Crippen molar-refractivity contribution in [2.24, 2.45) is 23.7 Å². The number of Topliss-reactive ketones (excluding diaryl/α,β-unsaturated/α-hetero) is 2. The second-order valence-corrected chi connectivity index (χ2v) is 6.25. The Hall–Kier alpha value is -1.85. The van der Waals surface area contributed by atoms with Gasteiger partial charge in [-0.15, -0.1) is 0 Å². The summed E-state index contributed by atoms with van der Waals surface area (Å²) in [5, 5.41) is 10.3. The molecule has 0 spiro atoms. The average Bonchev–Trinajstić information content (AvgIpc) is 2.35. The first-order valence-corrected chi connectivity index (χ1v) is 7.27. The summed E-state index contributed by atoms with van der Waals surface area (Å²) in [5.74, 6) is -2.82. The van der Waals surface area contributed by atoms with E-state index >= 15 is 0 Å². The lowest BCUT2D eigenvalue weighted by atomic mass is 9.71. The van der Waals surface area contributed by atoms with Crippen LogP contribution in [0.5, 0.6) is 0 Å². The largest absolute Gasteiger partial charge is 0.308 e. The van der Waals surface area contributed by atoms with E-state index in [2.05, 4.69) is 5.32 Å². The quantitative estimate of drug-likeness (QED) is 0.457. The molecule has 1 aliphatic heterocycles. The van der Waals surface area contributed by atoms with Gasteiger partial charge in [-0.2, -0.15) is 0 Å². The Balaban J connectivity index is 2.08. The average molecular weight is 292 g/mol. The first-order valence-electron chi connectivity index (χ1n) is 7.27. The molecule has 6 nitrogen and oxygen atoms in total. The van der Waals surface area contributed by atoms with Crippen molar-refractivity contribution in [2.45, 2.75) is 39.5 Å². The number of ketones is 2. The maximum atomic E-state index is 12.2. The van der Waals surface area contributed by atoms with Gasteiger partial charge in [0.05, 0.1) is 0 Å². The number of hydrogen-bond acceptors (Lipinski definition) is 5. The zero-order valence-corrected chi connectivity index (χ0v) is 12.3. The molecule has 1 aliphatic carbocycles. The molecule has 1 saturated heterocycles. The third kappa shape index (κ3) is 3.25. The Labute approximate surface area is 123 Å². The highest BCUT2D eigenvalue weighted by molar-refractivity contribution is 6.22. The number of rotatable bonds is 3. The monoisotopic (exact) mass is 292 g/mol. The van der Waals surface area contributed by atoms with Gasteiger partial charge in [0.1, 0.15) is 5.92 Å². The van der Waals surface area contributed by atoms with Crippen LogP contribution in [0.15, 0.2) is 0 Å². The van der Waals surface area contributed by atoms with Gasteiger partial charge in [0, 0.05) is 30.4 Å². The third-order valence-corrected chi connectivity index (χ3v) is 4.33. The highest BCUT2D eigenvalue weighted by Crippen LogP contribution is 2.30. The predicted octanol–water partition coefficient (Wildman–Crippen LogP) is 0.879. The second-order valence-electron chi connectivity index (χ2n) is 6.25. The van der Waals surface area contributed by atoms with Crippen molar-refractivity contribution < 1.29 is 19.2 Å². The fourth-order valence-electron chi connectivity index (χ4n) is 3.24. The molecular weight excluding hydrogens is 272 g/mol. The number of piperidine rings is 1. The zero-order valence-electron chi connectivity index (χ0n) is 12.3. The predicted molar refractivity (Wildman–Crippen MR) is 74.7 cm³/mol. The molecule has 6 heteroatoms. The molecule has 114 valence electrons. The molecule has 3 atom stereocenters. The van der Waals surface area contributed by atoms with Crippen LogP contribution in [0.4, 0.5) is 0 Å².